The van der Waals surface area contributed by atoms with E-state index in [1.807, 2.05) is 0 Å². The Morgan fingerprint density at radius 2 is 1.40 bits per heavy atom. The van der Waals surface area contributed by atoms with E-state index in [9.17, 15) is 0 Å². The summed E-state index contributed by atoms with van der Waals surface area (Å²) in [7, 11) is 5.55. The zero-order chi connectivity index (χ0) is 11.2. The van der Waals surface area contributed by atoms with Crippen molar-refractivity contribution < 1.29 is 17.5 Å². The van der Waals surface area contributed by atoms with Crippen LogP contribution in [-0.2, 0) is 17.5 Å². The van der Waals surface area contributed by atoms with Gasteiger partial charge in [0, 0.05) is 0 Å². The summed E-state index contributed by atoms with van der Waals surface area (Å²) < 4.78 is 0. The van der Waals surface area contributed by atoms with Crippen molar-refractivity contribution >= 4 is 9.42 Å². The molecule has 0 N–H and O–H groups in total. The Morgan fingerprint density at radius 1 is 0.933 bits per heavy atom. The van der Waals surface area contributed by atoms with Crippen molar-refractivity contribution in [1.82, 2.24) is 0 Å². The van der Waals surface area contributed by atoms with Crippen LogP contribution in [0, 0.1) is 0 Å². The predicted octanol–water partition coefficient (Wildman–Crippen LogP) is 5.50. The van der Waals surface area contributed by atoms with Crippen LogP contribution in [0.2, 0.25) is 4.81 Å². The number of hydrogen-bond acceptors (Lipinski definition) is 0. The van der Waals surface area contributed by atoms with Crippen molar-refractivity contribution in [3.63, 3.8) is 0 Å². The van der Waals surface area contributed by atoms with Gasteiger partial charge >= 0.3 is 57.9 Å². The standard InChI is InChI=1S/C8H12.C5H11.ClH.Pt/c1-2-4-6-8-7-5-3-1;1-3-5-4-2;;/h1-2,7-8H,3-6H2;1,3-5H2,2H3;1H;/q;;;+1/p-1/b2-1-,8-7-;;;. The van der Waals surface area contributed by atoms with Crippen LogP contribution in [0.4, 0.5) is 0 Å². The second-order valence-corrected chi connectivity index (χ2v) is 6.67. The average molecular weight is 410 g/mol. The molecule has 0 radical (unpaired) electrons. The molecule has 0 amide bonds. The Balaban J connectivity index is 0.000000265. The van der Waals surface area contributed by atoms with Gasteiger partial charge in [0.1, 0.15) is 0 Å². The van der Waals surface area contributed by atoms with E-state index in [4.69, 9.17) is 9.42 Å². The molecule has 0 aromatic rings. The molecule has 15 heavy (non-hydrogen) atoms. The van der Waals surface area contributed by atoms with Crippen LogP contribution in [0.1, 0.15) is 51.9 Å². The van der Waals surface area contributed by atoms with Crippen LogP contribution < -0.4 is 0 Å². The molecule has 92 valence electrons. The van der Waals surface area contributed by atoms with Crippen LogP contribution >= 0.6 is 9.42 Å². The zero-order valence-corrected chi connectivity index (χ0v) is 12.7. The van der Waals surface area contributed by atoms with Crippen LogP contribution in [0.15, 0.2) is 24.3 Å². The second-order valence-electron chi connectivity index (χ2n) is 3.55. The third-order valence-electron chi connectivity index (χ3n) is 2.11. The molecule has 1 rings (SSSR count). The molecule has 0 unspecified atom stereocenters. The molecule has 0 fully saturated rings. The Labute approximate surface area is 108 Å². The first kappa shape index (κ1) is 15.5. The Hall–Kier alpha value is 0.458. The molecular formula is C13H23ClPt. The molecular weight excluding hydrogens is 387 g/mol. The molecule has 2 heteroatoms. The SMILES string of the molecule is C1=C\CC/C=C\CC/1.CCCC[CH2][Pt][Cl]. The van der Waals surface area contributed by atoms with Crippen molar-refractivity contribution in [3.05, 3.63) is 24.3 Å². The topological polar surface area (TPSA) is 0 Å². The van der Waals surface area contributed by atoms with Gasteiger partial charge in [0.05, 0.1) is 0 Å². The maximum atomic E-state index is 5.55. The molecule has 1 aliphatic rings. The van der Waals surface area contributed by atoms with Gasteiger partial charge in [-0.3, -0.25) is 0 Å². The quantitative estimate of drug-likeness (QED) is 0.424. The third kappa shape index (κ3) is 14.5. The van der Waals surface area contributed by atoms with Gasteiger partial charge in [0.25, 0.3) is 0 Å². The molecule has 1 aliphatic carbocycles. The minimum atomic E-state index is 0.0594. The van der Waals surface area contributed by atoms with Crippen LogP contribution in [0.5, 0.6) is 0 Å². The van der Waals surface area contributed by atoms with E-state index in [0.29, 0.717) is 0 Å². The summed E-state index contributed by atoms with van der Waals surface area (Å²) in [4.78, 5) is 1.30. The van der Waals surface area contributed by atoms with Gasteiger partial charge in [-0.25, -0.2) is 0 Å². The van der Waals surface area contributed by atoms with E-state index in [-0.39, 0.29) is 17.5 Å². The van der Waals surface area contributed by atoms with Gasteiger partial charge < -0.3 is 0 Å². The van der Waals surface area contributed by atoms with Gasteiger partial charge in [-0.2, -0.15) is 0 Å². The predicted molar refractivity (Wildman–Crippen MR) is 66.9 cm³/mol. The van der Waals surface area contributed by atoms with E-state index >= 15 is 0 Å². The van der Waals surface area contributed by atoms with E-state index < -0.39 is 0 Å². The zero-order valence-electron chi connectivity index (χ0n) is 9.66. The first-order valence-electron chi connectivity index (χ1n) is 5.85. The maximum absolute atomic E-state index is 5.55. The van der Waals surface area contributed by atoms with Crippen molar-refractivity contribution in [1.29, 1.82) is 0 Å². The summed E-state index contributed by atoms with van der Waals surface area (Å²) in [6.45, 7) is 2.21. The number of rotatable bonds is 4. The molecule has 0 bridgehead atoms. The van der Waals surface area contributed by atoms with Gasteiger partial charge in [-0.15, -0.1) is 0 Å². The fraction of sp³-hybridized carbons (Fsp3) is 0.692. The fourth-order valence-electron chi connectivity index (χ4n) is 1.23. The molecule has 0 atom stereocenters. The number of unbranched alkanes of at least 4 members (excludes halogenated alkanes) is 2. The third-order valence-corrected chi connectivity index (χ3v) is 4.32. The van der Waals surface area contributed by atoms with Crippen molar-refractivity contribution in [3.8, 4) is 0 Å². The molecule has 0 saturated heterocycles. The van der Waals surface area contributed by atoms with Crippen molar-refractivity contribution in [2.45, 2.75) is 56.7 Å². The summed E-state index contributed by atoms with van der Waals surface area (Å²) in [5.74, 6) is 0. The van der Waals surface area contributed by atoms with E-state index in [0.717, 1.165) is 0 Å². The fourth-order valence-corrected chi connectivity index (χ4v) is 2.79. The number of allylic oxidation sites excluding steroid dienone is 4. The van der Waals surface area contributed by atoms with E-state index in [2.05, 4.69) is 31.2 Å². The molecule has 0 spiro atoms. The summed E-state index contributed by atoms with van der Waals surface area (Å²) in [5, 5.41) is 0. The summed E-state index contributed by atoms with van der Waals surface area (Å²) in [6.07, 6.45) is 18.0. The Kier molecular flexibility index (Phi) is 14.9. The first-order valence-corrected chi connectivity index (χ1v) is 10.3. The molecule has 0 aromatic heterocycles. The average Bonchev–Trinajstić information content (AvgIpc) is 2.18. The molecule has 0 aromatic carbocycles. The summed E-state index contributed by atoms with van der Waals surface area (Å²) in [5.41, 5.74) is 0. The number of hydrogen-bond donors (Lipinski definition) is 0. The van der Waals surface area contributed by atoms with Gasteiger partial charge in [-0.1, -0.05) is 24.3 Å². The summed E-state index contributed by atoms with van der Waals surface area (Å²) in [6, 6.07) is 0. The van der Waals surface area contributed by atoms with Crippen LogP contribution in [0.25, 0.3) is 0 Å². The Morgan fingerprint density at radius 3 is 1.73 bits per heavy atom. The summed E-state index contributed by atoms with van der Waals surface area (Å²) >= 11 is 0.0594. The molecule has 0 saturated carbocycles. The first-order chi connectivity index (χ1) is 7.41. The van der Waals surface area contributed by atoms with Crippen LogP contribution in [-0.4, -0.2) is 0 Å². The van der Waals surface area contributed by atoms with Crippen LogP contribution in [0.3, 0.4) is 0 Å². The monoisotopic (exact) mass is 409 g/mol. The second kappa shape index (κ2) is 14.5. The molecule has 0 aliphatic heterocycles. The van der Waals surface area contributed by atoms with Crippen molar-refractivity contribution in [2.75, 3.05) is 0 Å². The molecule has 0 nitrogen and oxygen atoms in total. The van der Waals surface area contributed by atoms with Gasteiger partial charge in [0.15, 0.2) is 0 Å². The van der Waals surface area contributed by atoms with Gasteiger partial charge in [0.2, 0.25) is 0 Å². The Bertz CT molecular complexity index is 134. The van der Waals surface area contributed by atoms with Crippen molar-refractivity contribution in [2.24, 2.45) is 0 Å². The molecule has 0 heterocycles. The minimum absolute atomic E-state index is 0.0594. The van der Waals surface area contributed by atoms with Gasteiger partial charge in [-0.05, 0) is 25.7 Å². The van der Waals surface area contributed by atoms with E-state index in [1.165, 1.54) is 49.8 Å². The van der Waals surface area contributed by atoms with E-state index in [1.54, 1.807) is 0 Å². The number of halogens is 1. The normalized spacial score (nSPS) is 19.6.